The van der Waals surface area contributed by atoms with Crippen molar-refractivity contribution >= 4 is 17.8 Å². The summed E-state index contributed by atoms with van der Waals surface area (Å²) in [5, 5.41) is 25.7. The predicted octanol–water partition coefficient (Wildman–Crippen LogP) is 0.882. The predicted molar refractivity (Wildman–Crippen MR) is 64.7 cm³/mol. The Morgan fingerprint density at radius 1 is 1.39 bits per heavy atom. The zero-order chi connectivity index (χ0) is 13.3. The van der Waals surface area contributed by atoms with Crippen LogP contribution in [0.3, 0.4) is 0 Å². The van der Waals surface area contributed by atoms with Crippen LogP contribution in [0.25, 0.3) is 0 Å². The summed E-state index contributed by atoms with van der Waals surface area (Å²) < 4.78 is 1.61. The molecule has 0 N–H and O–H groups in total. The summed E-state index contributed by atoms with van der Waals surface area (Å²) >= 11 is 0. The van der Waals surface area contributed by atoms with Gasteiger partial charge in [-0.05, 0) is 17.2 Å². The zero-order valence-corrected chi connectivity index (χ0v) is 10.2. The van der Waals surface area contributed by atoms with E-state index < -0.39 is 4.92 Å². The van der Waals surface area contributed by atoms with E-state index in [1.807, 2.05) is 13.8 Å². The summed E-state index contributed by atoms with van der Waals surface area (Å²) in [5.41, 5.74) is 0.465. The summed E-state index contributed by atoms with van der Waals surface area (Å²) in [7, 11) is 0. The second-order valence-electron chi connectivity index (χ2n) is 4.81. The first-order valence-corrected chi connectivity index (χ1v) is 5.52. The maximum absolute atomic E-state index is 11.3. The molecule has 0 fully saturated rings. The van der Waals surface area contributed by atoms with Gasteiger partial charge < -0.3 is 5.11 Å². The number of hydrogen-bond donors (Lipinski definition) is 0. The van der Waals surface area contributed by atoms with Gasteiger partial charge in [-0.25, -0.2) is 0 Å². The lowest BCUT2D eigenvalue weighted by atomic mass is 10.0. The molecule has 1 aliphatic heterocycles. The second kappa shape index (κ2) is 4.21. The Balaban J connectivity index is 2.31. The lowest BCUT2D eigenvalue weighted by molar-refractivity contribution is -0.591. The fourth-order valence-electron chi connectivity index (χ4n) is 1.77. The number of nitro benzene ring substituents is 1. The molecule has 0 saturated carbocycles. The first-order valence-electron chi connectivity index (χ1n) is 5.52. The molecule has 0 atom stereocenters. The van der Waals surface area contributed by atoms with Crippen molar-refractivity contribution < 1.29 is 14.7 Å². The van der Waals surface area contributed by atoms with Gasteiger partial charge in [-0.2, -0.15) is 0 Å². The number of nitrogens with zero attached hydrogens (tertiary/aromatic N) is 3. The molecule has 0 saturated heterocycles. The largest absolute Gasteiger partial charge is 0.857 e. The number of non-ortho nitro benzene ring substituents is 1. The van der Waals surface area contributed by atoms with E-state index in [-0.39, 0.29) is 17.1 Å². The van der Waals surface area contributed by atoms with Crippen molar-refractivity contribution in [3.8, 4) is 0 Å². The van der Waals surface area contributed by atoms with E-state index in [2.05, 4.69) is 5.10 Å². The van der Waals surface area contributed by atoms with Gasteiger partial charge in [0.15, 0.2) is 5.54 Å². The number of benzene rings is 1. The van der Waals surface area contributed by atoms with Gasteiger partial charge in [0.1, 0.15) is 0 Å². The van der Waals surface area contributed by atoms with E-state index in [0.29, 0.717) is 6.42 Å². The van der Waals surface area contributed by atoms with Crippen LogP contribution in [0, 0.1) is 10.1 Å². The van der Waals surface area contributed by atoms with Crippen LogP contribution in [0.5, 0.6) is 0 Å². The quantitative estimate of drug-likeness (QED) is 0.442. The van der Waals surface area contributed by atoms with Crippen molar-refractivity contribution in [3.63, 3.8) is 0 Å². The van der Waals surface area contributed by atoms with E-state index in [0.717, 1.165) is 5.56 Å². The van der Waals surface area contributed by atoms with Crippen molar-refractivity contribution in [2.45, 2.75) is 25.8 Å². The van der Waals surface area contributed by atoms with Gasteiger partial charge >= 0.3 is 0 Å². The molecule has 2 rings (SSSR count). The molecule has 0 bridgehead atoms. The molecule has 0 spiro atoms. The molecule has 94 valence electrons. The number of hydrogen-bond acceptors (Lipinski definition) is 4. The molecule has 1 aromatic carbocycles. The van der Waals surface area contributed by atoms with Crippen LogP contribution < -0.4 is 5.11 Å². The van der Waals surface area contributed by atoms with Gasteiger partial charge in [-0.1, -0.05) is 4.68 Å². The van der Waals surface area contributed by atoms with E-state index in [9.17, 15) is 15.2 Å². The maximum Gasteiger partial charge on any atom is 0.269 e. The average Bonchev–Trinajstić information content (AvgIpc) is 2.52. The molecule has 6 nitrogen and oxygen atoms in total. The molecule has 1 heterocycles. The smallest absolute Gasteiger partial charge is 0.269 e. The number of nitro groups is 1. The third kappa shape index (κ3) is 2.37. The van der Waals surface area contributed by atoms with E-state index in [1.54, 1.807) is 23.0 Å². The zero-order valence-electron chi connectivity index (χ0n) is 10.2. The van der Waals surface area contributed by atoms with Gasteiger partial charge in [-0.15, -0.1) is 0 Å². The molecular formula is C12H13N3O3. The van der Waals surface area contributed by atoms with Gasteiger partial charge in [-0.3, -0.25) is 10.1 Å². The summed E-state index contributed by atoms with van der Waals surface area (Å²) in [6.45, 7) is 3.84. The second-order valence-corrected chi connectivity index (χ2v) is 4.81. The van der Waals surface area contributed by atoms with Crippen LogP contribution in [0.4, 0.5) is 5.69 Å². The molecule has 0 unspecified atom stereocenters. The molecule has 18 heavy (non-hydrogen) atoms. The average molecular weight is 247 g/mol. The number of rotatable bonds is 2. The summed E-state index contributed by atoms with van der Waals surface area (Å²) in [6, 6.07) is 6.12. The Labute approximate surface area is 104 Å². The van der Waals surface area contributed by atoms with Gasteiger partial charge in [0.2, 0.25) is 6.21 Å². The Morgan fingerprint density at radius 2 is 2.00 bits per heavy atom. The first kappa shape index (κ1) is 12.2. The van der Waals surface area contributed by atoms with Crippen molar-refractivity contribution in [1.82, 2.24) is 0 Å². The van der Waals surface area contributed by atoms with Crippen LogP contribution in [0.15, 0.2) is 29.4 Å². The molecule has 1 aliphatic rings. The lowest BCUT2D eigenvalue weighted by Crippen LogP contribution is -2.31. The van der Waals surface area contributed by atoms with Crippen molar-refractivity contribution in [3.05, 3.63) is 39.9 Å². The minimum atomic E-state index is -0.447. The summed E-state index contributed by atoms with van der Waals surface area (Å²) in [4.78, 5) is 10.1. The monoisotopic (exact) mass is 247 g/mol. The maximum atomic E-state index is 11.3. The van der Waals surface area contributed by atoms with Crippen molar-refractivity contribution in [2.24, 2.45) is 5.10 Å². The van der Waals surface area contributed by atoms with Crippen LogP contribution in [0.2, 0.25) is 0 Å². The highest BCUT2D eigenvalue weighted by Gasteiger charge is 2.36. The Kier molecular flexibility index (Phi) is 2.86. The van der Waals surface area contributed by atoms with Gasteiger partial charge in [0.25, 0.3) is 5.69 Å². The van der Waals surface area contributed by atoms with E-state index in [4.69, 9.17) is 0 Å². The third-order valence-electron chi connectivity index (χ3n) is 2.80. The van der Waals surface area contributed by atoms with E-state index in [1.165, 1.54) is 12.1 Å². The summed E-state index contributed by atoms with van der Waals surface area (Å²) in [6.07, 6.45) is 2.09. The normalized spacial score (nSPS) is 19.9. The van der Waals surface area contributed by atoms with Crippen LogP contribution >= 0.6 is 0 Å². The fraction of sp³-hybridized carbons (Fsp3) is 0.333. The van der Waals surface area contributed by atoms with Gasteiger partial charge in [0.05, 0.1) is 4.92 Å². The van der Waals surface area contributed by atoms with Crippen LogP contribution in [-0.2, 0) is 0 Å². The Morgan fingerprint density at radius 3 is 2.44 bits per heavy atom. The van der Waals surface area contributed by atoms with Crippen molar-refractivity contribution in [2.75, 3.05) is 0 Å². The first-order chi connectivity index (χ1) is 8.38. The molecule has 6 heteroatoms. The Hall–Kier alpha value is -2.24. The molecule has 0 aliphatic carbocycles. The molecule has 0 aromatic heterocycles. The topological polar surface area (TPSA) is 81.6 Å². The van der Waals surface area contributed by atoms with Gasteiger partial charge in [0, 0.05) is 43.9 Å². The van der Waals surface area contributed by atoms with Crippen molar-refractivity contribution in [1.29, 1.82) is 0 Å². The number of hydrazone groups is 1. The van der Waals surface area contributed by atoms with E-state index >= 15 is 0 Å². The molecular weight excluding hydrogens is 234 g/mol. The lowest BCUT2D eigenvalue weighted by Gasteiger charge is -2.10. The minimum Gasteiger partial charge on any atom is -0.857 e. The highest BCUT2D eigenvalue weighted by atomic mass is 16.6. The SMILES string of the molecule is CC1(C)CC([O-])=N/[N+]1=C/c1ccc([N+](=O)[O-])cc1. The molecule has 1 aromatic rings. The third-order valence-corrected chi connectivity index (χ3v) is 2.80. The van der Waals surface area contributed by atoms with Crippen LogP contribution in [0.1, 0.15) is 25.8 Å². The Bertz CT molecular complexity index is 544. The highest BCUT2D eigenvalue weighted by molar-refractivity contribution is 5.78. The van der Waals surface area contributed by atoms with Crippen LogP contribution in [-0.4, -0.2) is 27.3 Å². The molecule has 0 amide bonds. The standard InChI is InChI=1S/C12H13N3O3/c1-12(2)7-11(16)13-14(12)8-9-3-5-10(6-4-9)15(17)18/h3-6,8H,7H2,1-2H3/b14-8+. The highest BCUT2D eigenvalue weighted by Crippen LogP contribution is 2.20. The fourth-order valence-corrected chi connectivity index (χ4v) is 1.77. The summed E-state index contributed by atoms with van der Waals surface area (Å²) in [5.74, 6) is -0.154. The molecule has 0 radical (unpaired) electrons. The minimum absolute atomic E-state index is 0.0425.